The Morgan fingerprint density at radius 1 is 1.26 bits per heavy atom. The first-order valence-corrected chi connectivity index (χ1v) is 12.2. The van der Waals surface area contributed by atoms with Gasteiger partial charge in [0.25, 0.3) is 5.91 Å². The maximum absolute atomic E-state index is 13.9. The van der Waals surface area contributed by atoms with Gasteiger partial charge in [-0.05, 0) is 68.1 Å². The zero-order valence-electron chi connectivity index (χ0n) is 20.9. The molecule has 1 amide bonds. The number of amides is 1. The number of hydrogen-bond acceptors (Lipinski definition) is 5. The summed E-state index contributed by atoms with van der Waals surface area (Å²) < 4.78 is 21.0. The second kappa shape index (κ2) is 11.0. The van der Waals surface area contributed by atoms with Gasteiger partial charge in [-0.25, -0.2) is 4.39 Å². The Labute approximate surface area is 201 Å². The van der Waals surface area contributed by atoms with Crippen LogP contribution in [0, 0.1) is 23.1 Å². The van der Waals surface area contributed by atoms with Gasteiger partial charge in [0.1, 0.15) is 5.82 Å². The number of carbonyl (C=O) groups is 2. The van der Waals surface area contributed by atoms with Gasteiger partial charge in [0.15, 0.2) is 11.5 Å². The molecule has 7 nitrogen and oxygen atoms in total. The number of carbonyl (C=O) groups excluding carboxylic acids is 2. The zero-order valence-corrected chi connectivity index (χ0v) is 20.9. The van der Waals surface area contributed by atoms with Crippen molar-refractivity contribution in [3.63, 3.8) is 0 Å². The van der Waals surface area contributed by atoms with Crippen LogP contribution in [0.3, 0.4) is 0 Å². The van der Waals surface area contributed by atoms with Crippen LogP contribution in [0.4, 0.5) is 4.39 Å². The molecule has 1 saturated heterocycles. The van der Waals surface area contributed by atoms with Gasteiger partial charge in [-0.2, -0.15) is 5.10 Å². The minimum atomic E-state index is -0.629. The van der Waals surface area contributed by atoms with Crippen LogP contribution in [0.2, 0.25) is 0 Å². The van der Waals surface area contributed by atoms with Gasteiger partial charge >= 0.3 is 0 Å². The van der Waals surface area contributed by atoms with E-state index in [0.717, 1.165) is 31.6 Å². The molecular weight excluding hydrogens is 437 g/mol. The maximum atomic E-state index is 13.9. The Hall–Kier alpha value is -2.32. The van der Waals surface area contributed by atoms with E-state index >= 15 is 0 Å². The Kier molecular flexibility index (Phi) is 8.47. The molecule has 1 atom stereocenters. The molecule has 1 aromatic carbocycles. The van der Waals surface area contributed by atoms with Gasteiger partial charge in [0, 0.05) is 25.1 Å². The van der Waals surface area contributed by atoms with Crippen molar-refractivity contribution in [1.82, 2.24) is 15.1 Å². The van der Waals surface area contributed by atoms with E-state index in [0.29, 0.717) is 36.6 Å². The summed E-state index contributed by atoms with van der Waals surface area (Å²) in [7, 11) is 0. The minimum Gasteiger partial charge on any atom is -0.393 e. The molecule has 0 radical (unpaired) electrons. The fourth-order valence-corrected chi connectivity index (χ4v) is 4.61. The summed E-state index contributed by atoms with van der Waals surface area (Å²) in [6.07, 6.45) is 3.92. The number of aromatic nitrogens is 2. The lowest BCUT2D eigenvalue weighted by Crippen LogP contribution is -2.48. The van der Waals surface area contributed by atoms with Gasteiger partial charge in [0.2, 0.25) is 0 Å². The SMILES string of the molecule is CC(=O)C(NC(=O)c1nn(CC2CCOCC2)c2cc(F)ccc12)C(C)(C)C.CC1CC(O)C1. The maximum Gasteiger partial charge on any atom is 0.273 e. The number of ether oxygens (including phenoxy) is 1. The topological polar surface area (TPSA) is 93.5 Å². The van der Waals surface area contributed by atoms with Gasteiger partial charge in [-0.15, -0.1) is 0 Å². The van der Waals surface area contributed by atoms with Crippen molar-refractivity contribution in [2.75, 3.05) is 13.2 Å². The monoisotopic (exact) mass is 475 g/mol. The van der Waals surface area contributed by atoms with E-state index in [1.807, 2.05) is 20.8 Å². The largest absolute Gasteiger partial charge is 0.393 e. The first-order valence-electron chi connectivity index (χ1n) is 12.2. The van der Waals surface area contributed by atoms with Crippen molar-refractivity contribution in [2.24, 2.45) is 17.3 Å². The number of Topliss-reactive ketones (excluding diaryl/α,β-unsaturated/α-hetero) is 1. The van der Waals surface area contributed by atoms with Crippen molar-refractivity contribution in [2.45, 2.75) is 79.0 Å². The highest BCUT2D eigenvalue weighted by Gasteiger charge is 2.32. The zero-order chi connectivity index (χ0) is 25.0. The lowest BCUT2D eigenvalue weighted by molar-refractivity contribution is -0.121. The third-order valence-electron chi connectivity index (χ3n) is 6.60. The third kappa shape index (κ3) is 6.63. The molecule has 1 unspecified atom stereocenters. The Morgan fingerprint density at radius 2 is 1.91 bits per heavy atom. The fraction of sp³-hybridized carbons (Fsp3) is 0.654. The number of aliphatic hydroxyl groups is 1. The van der Waals surface area contributed by atoms with E-state index < -0.39 is 17.4 Å². The molecule has 4 rings (SSSR count). The van der Waals surface area contributed by atoms with Crippen molar-refractivity contribution in [1.29, 1.82) is 0 Å². The average Bonchev–Trinajstić information content (AvgIpc) is 3.09. The normalized spacial score (nSPS) is 21.9. The van der Waals surface area contributed by atoms with Gasteiger partial charge in [-0.3, -0.25) is 14.3 Å². The first-order chi connectivity index (χ1) is 16.0. The summed E-state index contributed by atoms with van der Waals surface area (Å²) in [6.45, 7) is 11.3. The molecule has 2 fully saturated rings. The average molecular weight is 476 g/mol. The predicted molar refractivity (Wildman–Crippen MR) is 129 cm³/mol. The van der Waals surface area contributed by atoms with Crippen LogP contribution in [0.5, 0.6) is 0 Å². The number of halogens is 1. The Morgan fingerprint density at radius 3 is 2.41 bits per heavy atom. The highest BCUT2D eigenvalue weighted by atomic mass is 19.1. The van der Waals surface area contributed by atoms with E-state index in [-0.39, 0.29) is 23.4 Å². The number of nitrogens with zero attached hydrogens (tertiary/aromatic N) is 2. The Bertz CT molecular complexity index is 995. The molecular formula is C26H38FN3O4. The lowest BCUT2D eigenvalue weighted by Gasteiger charge is -2.29. The number of benzene rings is 1. The molecule has 2 aromatic rings. The molecule has 1 aliphatic heterocycles. The summed E-state index contributed by atoms with van der Waals surface area (Å²) in [5.41, 5.74) is 0.387. The second-order valence-corrected chi connectivity index (χ2v) is 10.9. The van der Waals surface area contributed by atoms with Crippen LogP contribution >= 0.6 is 0 Å². The van der Waals surface area contributed by atoms with Crippen LogP contribution < -0.4 is 5.32 Å². The van der Waals surface area contributed by atoms with E-state index in [1.165, 1.54) is 19.1 Å². The number of aliphatic hydroxyl groups excluding tert-OH is 1. The molecule has 0 spiro atoms. The predicted octanol–water partition coefficient (Wildman–Crippen LogP) is 4.11. The van der Waals surface area contributed by atoms with Crippen molar-refractivity contribution >= 4 is 22.6 Å². The molecule has 1 aromatic heterocycles. The molecule has 2 N–H and O–H groups in total. The summed E-state index contributed by atoms with van der Waals surface area (Å²) in [4.78, 5) is 25.0. The number of rotatable bonds is 5. The fourth-order valence-electron chi connectivity index (χ4n) is 4.61. The van der Waals surface area contributed by atoms with Crippen molar-refractivity contribution in [3.05, 3.63) is 29.7 Å². The van der Waals surface area contributed by atoms with Crippen molar-refractivity contribution < 1.29 is 23.8 Å². The molecule has 1 saturated carbocycles. The van der Waals surface area contributed by atoms with E-state index in [2.05, 4.69) is 17.3 Å². The van der Waals surface area contributed by atoms with Crippen LogP contribution in [0.25, 0.3) is 10.9 Å². The molecule has 2 heterocycles. The smallest absolute Gasteiger partial charge is 0.273 e. The number of nitrogens with one attached hydrogen (secondary N) is 1. The van der Waals surface area contributed by atoms with Crippen LogP contribution in [0.1, 0.15) is 70.8 Å². The lowest BCUT2D eigenvalue weighted by atomic mass is 9.84. The molecule has 188 valence electrons. The standard InChI is InChI=1S/C21H28FN3O3.C5H10O/c1-13(26)19(21(2,3)4)23-20(27)18-16-6-5-15(22)11-17(16)25(24-18)12-14-7-9-28-10-8-14;1-4-2-5(6)3-4/h5-6,11,14,19H,7-10,12H2,1-4H3,(H,23,27);4-6H,2-3H2,1H3. The summed E-state index contributed by atoms with van der Waals surface area (Å²) >= 11 is 0. The molecule has 2 aliphatic rings. The van der Waals surface area contributed by atoms with Crippen LogP contribution in [-0.4, -0.2) is 51.9 Å². The van der Waals surface area contributed by atoms with E-state index in [1.54, 1.807) is 10.7 Å². The van der Waals surface area contributed by atoms with Crippen molar-refractivity contribution in [3.8, 4) is 0 Å². The molecule has 8 heteroatoms. The second-order valence-electron chi connectivity index (χ2n) is 10.9. The van der Waals surface area contributed by atoms with E-state index in [9.17, 15) is 14.0 Å². The van der Waals surface area contributed by atoms with Crippen LogP contribution in [0.15, 0.2) is 18.2 Å². The quantitative estimate of drug-likeness (QED) is 0.679. The number of fused-ring (bicyclic) bond motifs is 1. The molecule has 34 heavy (non-hydrogen) atoms. The molecule has 1 aliphatic carbocycles. The van der Waals surface area contributed by atoms with Gasteiger partial charge in [0.05, 0.1) is 17.7 Å². The summed E-state index contributed by atoms with van der Waals surface area (Å²) in [6, 6.07) is 3.68. The number of ketones is 1. The third-order valence-corrected chi connectivity index (χ3v) is 6.60. The number of hydrogen-bond donors (Lipinski definition) is 2. The highest BCUT2D eigenvalue weighted by Crippen LogP contribution is 2.26. The van der Waals surface area contributed by atoms with Crippen LogP contribution in [-0.2, 0) is 16.1 Å². The Balaban J connectivity index is 0.000000469. The summed E-state index contributed by atoms with van der Waals surface area (Å²) in [5, 5.41) is 16.5. The summed E-state index contributed by atoms with van der Waals surface area (Å²) in [5.74, 6) is 0.259. The van der Waals surface area contributed by atoms with E-state index in [4.69, 9.17) is 9.84 Å². The molecule has 0 bridgehead atoms. The van der Waals surface area contributed by atoms with Gasteiger partial charge < -0.3 is 15.2 Å². The first kappa shape index (κ1) is 26.3. The van der Waals surface area contributed by atoms with Gasteiger partial charge in [-0.1, -0.05) is 27.7 Å². The highest BCUT2D eigenvalue weighted by molar-refractivity contribution is 6.06. The minimum absolute atomic E-state index is 0.0417.